The van der Waals surface area contributed by atoms with Crippen LogP contribution in [0.15, 0.2) is 108 Å². The number of carbonyl (C=O) groups is 2. The van der Waals surface area contributed by atoms with Crippen LogP contribution < -0.4 is 14.4 Å². The third kappa shape index (κ3) is 9.38. The van der Waals surface area contributed by atoms with E-state index in [1.807, 2.05) is 44.2 Å². The molecule has 0 heterocycles. The van der Waals surface area contributed by atoms with E-state index in [1.54, 1.807) is 6.92 Å². The van der Waals surface area contributed by atoms with Crippen molar-refractivity contribution in [3.63, 3.8) is 0 Å². The van der Waals surface area contributed by atoms with Crippen molar-refractivity contribution in [3.8, 4) is 5.75 Å². The first-order valence-corrected chi connectivity index (χ1v) is 16.8. The lowest BCUT2D eigenvalue weighted by atomic mass is 10.0. The summed E-state index contributed by atoms with van der Waals surface area (Å²) in [6, 6.07) is 24.0. The number of anilines is 1. The summed E-state index contributed by atoms with van der Waals surface area (Å²) < 4.78 is 62.4. The van der Waals surface area contributed by atoms with Gasteiger partial charge in [0.15, 0.2) is 0 Å². The van der Waals surface area contributed by atoms with Crippen LogP contribution in [0.3, 0.4) is 0 Å². The first-order chi connectivity index (χ1) is 22.5. The van der Waals surface area contributed by atoms with E-state index in [9.17, 15) is 26.8 Å². The van der Waals surface area contributed by atoms with Crippen LogP contribution in [0.5, 0.6) is 5.75 Å². The number of nitrogens with zero attached hydrogens (tertiary/aromatic N) is 2. The highest BCUT2D eigenvalue weighted by molar-refractivity contribution is 7.92. The number of halogens is 2. The van der Waals surface area contributed by atoms with Crippen molar-refractivity contribution in [3.05, 3.63) is 126 Å². The normalized spacial score (nSPS) is 12.5. The van der Waals surface area contributed by atoms with Crippen molar-refractivity contribution < 1.29 is 31.5 Å². The zero-order chi connectivity index (χ0) is 34.0. The van der Waals surface area contributed by atoms with Gasteiger partial charge in [-0.15, -0.1) is 0 Å². The molecule has 0 unspecified atom stereocenters. The maximum absolute atomic E-state index is 14.4. The van der Waals surface area contributed by atoms with Gasteiger partial charge in [-0.3, -0.25) is 13.9 Å². The van der Waals surface area contributed by atoms with Gasteiger partial charge in [-0.25, -0.2) is 17.2 Å². The first-order valence-electron chi connectivity index (χ1n) is 15.4. The van der Waals surface area contributed by atoms with Crippen molar-refractivity contribution in [2.24, 2.45) is 0 Å². The third-order valence-electron chi connectivity index (χ3n) is 7.65. The number of nitrogens with one attached hydrogen (secondary N) is 1. The van der Waals surface area contributed by atoms with Gasteiger partial charge in [-0.2, -0.15) is 0 Å². The number of ether oxygens (including phenoxy) is 1. The SMILES string of the molecule is CCOc1ccc(S(=O)(=O)N(CC(=O)N(Cc2ccc(F)cc2)[C@H](Cc2ccccc2)C(=O)N[C@@H](C)CC)c2ccc(F)cc2)cc1. The lowest BCUT2D eigenvalue weighted by Crippen LogP contribution is -2.54. The van der Waals surface area contributed by atoms with E-state index in [4.69, 9.17) is 4.74 Å². The Kier molecular flexibility index (Phi) is 12.1. The number of sulfonamides is 1. The zero-order valence-corrected chi connectivity index (χ0v) is 27.4. The predicted molar refractivity (Wildman–Crippen MR) is 177 cm³/mol. The second kappa shape index (κ2) is 16.2. The van der Waals surface area contributed by atoms with Crippen LogP contribution in [-0.2, 0) is 32.6 Å². The highest BCUT2D eigenvalue weighted by Crippen LogP contribution is 2.27. The van der Waals surface area contributed by atoms with Crippen LogP contribution in [-0.4, -0.2) is 50.4 Å². The molecule has 0 aliphatic rings. The second-order valence-electron chi connectivity index (χ2n) is 11.1. The Morgan fingerprint density at radius 2 is 1.40 bits per heavy atom. The van der Waals surface area contributed by atoms with E-state index in [-0.39, 0.29) is 29.6 Å². The number of rotatable bonds is 15. The minimum absolute atomic E-state index is 0.0547. The molecule has 0 spiro atoms. The molecule has 4 aromatic carbocycles. The van der Waals surface area contributed by atoms with Gasteiger partial charge >= 0.3 is 0 Å². The molecule has 2 atom stereocenters. The highest BCUT2D eigenvalue weighted by Gasteiger charge is 2.35. The highest BCUT2D eigenvalue weighted by atomic mass is 32.2. The maximum Gasteiger partial charge on any atom is 0.264 e. The average molecular weight is 664 g/mol. The molecule has 0 saturated heterocycles. The molecular weight excluding hydrogens is 624 g/mol. The van der Waals surface area contributed by atoms with Crippen molar-refractivity contribution in [1.29, 1.82) is 0 Å². The number of carbonyl (C=O) groups excluding carboxylic acids is 2. The topological polar surface area (TPSA) is 96.0 Å². The summed E-state index contributed by atoms with van der Waals surface area (Å²) in [7, 11) is -4.38. The maximum atomic E-state index is 14.4. The van der Waals surface area contributed by atoms with Crippen molar-refractivity contribution in [2.75, 3.05) is 17.5 Å². The Hall–Kier alpha value is -4.77. The standard InChI is InChI=1S/C36H39F2N3O5S/c1-4-26(3)39-36(43)34(23-27-9-7-6-8-10-27)40(24-28-11-13-29(37)14-12-28)35(42)25-41(31-17-15-30(38)16-18-31)47(44,45)33-21-19-32(20-22-33)46-5-2/h6-22,26,34H,4-5,23-25H2,1-3H3,(H,39,43)/t26-,34+/m0/s1. The number of hydrogen-bond acceptors (Lipinski definition) is 5. The van der Waals surface area contributed by atoms with E-state index in [0.717, 1.165) is 22.0 Å². The third-order valence-corrected chi connectivity index (χ3v) is 9.44. The Balaban J connectivity index is 1.79. The molecule has 0 aromatic heterocycles. The fourth-order valence-corrected chi connectivity index (χ4v) is 6.33. The van der Waals surface area contributed by atoms with E-state index >= 15 is 0 Å². The van der Waals surface area contributed by atoms with Crippen molar-refractivity contribution in [1.82, 2.24) is 10.2 Å². The Morgan fingerprint density at radius 3 is 1.98 bits per heavy atom. The van der Waals surface area contributed by atoms with Gasteiger partial charge in [0.05, 0.1) is 17.2 Å². The number of amides is 2. The van der Waals surface area contributed by atoms with E-state index < -0.39 is 46.1 Å². The summed E-state index contributed by atoms with van der Waals surface area (Å²) in [4.78, 5) is 29.5. The monoisotopic (exact) mass is 663 g/mol. The summed E-state index contributed by atoms with van der Waals surface area (Å²) in [5.74, 6) is -1.68. The minimum atomic E-state index is -4.38. The average Bonchev–Trinajstić information content (AvgIpc) is 3.07. The van der Waals surface area contributed by atoms with Gasteiger partial charge in [0.25, 0.3) is 10.0 Å². The number of benzene rings is 4. The van der Waals surface area contributed by atoms with Gasteiger partial charge < -0.3 is 15.0 Å². The molecule has 0 radical (unpaired) electrons. The molecule has 4 aromatic rings. The molecule has 11 heteroatoms. The summed E-state index contributed by atoms with van der Waals surface area (Å²) in [6.07, 6.45) is 0.784. The quantitative estimate of drug-likeness (QED) is 0.166. The number of hydrogen-bond donors (Lipinski definition) is 1. The Morgan fingerprint density at radius 1 is 0.809 bits per heavy atom. The molecule has 4 rings (SSSR count). The van der Waals surface area contributed by atoms with Crippen LogP contribution in [0.2, 0.25) is 0 Å². The Bertz CT molecular complexity index is 1720. The molecule has 0 saturated carbocycles. The van der Waals surface area contributed by atoms with Gasteiger partial charge in [0.2, 0.25) is 11.8 Å². The largest absolute Gasteiger partial charge is 0.494 e. The minimum Gasteiger partial charge on any atom is -0.494 e. The van der Waals surface area contributed by atoms with Gasteiger partial charge in [0.1, 0.15) is 30.0 Å². The van der Waals surface area contributed by atoms with Crippen molar-refractivity contribution in [2.45, 2.75) is 57.1 Å². The van der Waals surface area contributed by atoms with Crippen molar-refractivity contribution >= 4 is 27.5 Å². The smallest absolute Gasteiger partial charge is 0.264 e. The lowest BCUT2D eigenvalue weighted by Gasteiger charge is -2.34. The van der Waals surface area contributed by atoms with Crippen LogP contribution >= 0.6 is 0 Å². The molecule has 1 N–H and O–H groups in total. The molecule has 248 valence electrons. The van der Waals surface area contributed by atoms with Gasteiger partial charge in [-0.1, -0.05) is 49.4 Å². The predicted octanol–water partition coefficient (Wildman–Crippen LogP) is 6.11. The van der Waals surface area contributed by atoms with Crippen LogP contribution in [0.4, 0.5) is 14.5 Å². The molecule has 0 bridgehead atoms. The van der Waals surface area contributed by atoms with Gasteiger partial charge in [0, 0.05) is 19.0 Å². The van der Waals surface area contributed by atoms with E-state index in [1.165, 1.54) is 65.6 Å². The molecule has 8 nitrogen and oxygen atoms in total. The van der Waals surface area contributed by atoms with E-state index in [2.05, 4.69) is 5.32 Å². The summed E-state index contributed by atoms with van der Waals surface area (Å²) >= 11 is 0. The second-order valence-corrected chi connectivity index (χ2v) is 12.9. The zero-order valence-electron chi connectivity index (χ0n) is 26.6. The lowest BCUT2D eigenvalue weighted by molar-refractivity contribution is -0.140. The molecule has 2 amide bonds. The molecule has 0 aliphatic carbocycles. The molecule has 0 aliphatic heterocycles. The first kappa shape index (κ1) is 35.1. The summed E-state index contributed by atoms with van der Waals surface area (Å²) in [6.45, 7) is 5.16. The Labute approximate surface area is 275 Å². The summed E-state index contributed by atoms with van der Waals surface area (Å²) in [5, 5.41) is 2.96. The van der Waals surface area contributed by atoms with Crippen LogP contribution in [0.1, 0.15) is 38.3 Å². The fourth-order valence-electron chi connectivity index (χ4n) is 4.92. The fraction of sp³-hybridized carbons (Fsp3) is 0.278. The summed E-state index contributed by atoms with van der Waals surface area (Å²) in [5.41, 5.74) is 1.38. The van der Waals surface area contributed by atoms with E-state index in [0.29, 0.717) is 24.3 Å². The van der Waals surface area contributed by atoms with Crippen LogP contribution in [0.25, 0.3) is 0 Å². The van der Waals surface area contributed by atoms with Gasteiger partial charge in [-0.05, 0) is 92.1 Å². The molecular formula is C36H39F2N3O5S. The molecule has 47 heavy (non-hydrogen) atoms. The molecule has 0 fully saturated rings. The van der Waals surface area contributed by atoms with Crippen LogP contribution in [0, 0.1) is 11.6 Å².